The van der Waals surface area contributed by atoms with Crippen LogP contribution in [0.15, 0.2) is 24.3 Å². The minimum atomic E-state index is -0.568. The molecule has 4 N–H and O–H groups in total. The van der Waals surface area contributed by atoms with Gasteiger partial charge in [-0.3, -0.25) is 9.59 Å². The lowest BCUT2D eigenvalue weighted by Crippen LogP contribution is -2.42. The first-order valence-electron chi connectivity index (χ1n) is 15.0. The average molecular weight is 583 g/mol. The van der Waals surface area contributed by atoms with Crippen LogP contribution in [0.3, 0.4) is 0 Å². The minimum Gasteiger partial charge on any atom is -0.502 e. The van der Waals surface area contributed by atoms with Crippen LogP contribution in [0.25, 0.3) is 0 Å². The molecule has 2 aromatic rings. The first-order chi connectivity index (χ1) is 20.5. The molecule has 10 heteroatoms. The van der Waals surface area contributed by atoms with Gasteiger partial charge in [-0.25, -0.2) is 0 Å². The van der Waals surface area contributed by atoms with Gasteiger partial charge in [-0.2, -0.15) is 0 Å². The number of nitrogens with one attached hydrogen (secondary N) is 1. The summed E-state index contributed by atoms with van der Waals surface area (Å²) in [6.45, 7) is 1.05. The molecule has 0 aromatic heterocycles. The number of amides is 1. The number of phenols is 1. The Morgan fingerprint density at radius 3 is 2.12 bits per heavy atom. The summed E-state index contributed by atoms with van der Waals surface area (Å²) in [7, 11) is 2.93. The number of fused-ring (bicyclic) bond motifs is 3. The molecular weight excluding hydrogens is 540 g/mol. The zero-order valence-corrected chi connectivity index (χ0v) is 24.5. The van der Waals surface area contributed by atoms with Crippen LogP contribution < -0.4 is 30.0 Å². The molecule has 2 unspecified atom stereocenters. The third kappa shape index (κ3) is 6.09. The van der Waals surface area contributed by atoms with Gasteiger partial charge in [-0.05, 0) is 60.3 Å². The van der Waals surface area contributed by atoms with Gasteiger partial charge < -0.3 is 39.8 Å². The Labute approximate surface area is 246 Å². The second-order valence-corrected chi connectivity index (χ2v) is 11.3. The molecule has 42 heavy (non-hydrogen) atoms. The molecule has 1 saturated heterocycles. The Morgan fingerprint density at radius 1 is 0.905 bits per heavy atom. The number of nitrogens with two attached hydrogens (primary N) is 1. The van der Waals surface area contributed by atoms with E-state index in [0.717, 1.165) is 48.9 Å². The van der Waals surface area contributed by atoms with Crippen LogP contribution in [-0.4, -0.2) is 51.1 Å². The van der Waals surface area contributed by atoms with E-state index in [9.17, 15) is 14.7 Å². The highest BCUT2D eigenvalue weighted by Crippen LogP contribution is 2.55. The van der Waals surface area contributed by atoms with Gasteiger partial charge in [0.15, 0.2) is 23.0 Å². The highest BCUT2D eigenvalue weighted by Gasteiger charge is 2.53. The fraction of sp³-hybridized carbons (Fsp3) is 0.562. The van der Waals surface area contributed by atoms with E-state index in [0.29, 0.717) is 17.9 Å². The molecule has 1 fully saturated rings. The monoisotopic (exact) mass is 582 g/mol. The first-order valence-corrected chi connectivity index (χ1v) is 15.0. The van der Waals surface area contributed by atoms with Crippen molar-refractivity contribution < 1.29 is 38.4 Å². The summed E-state index contributed by atoms with van der Waals surface area (Å²) in [6, 6.07) is 6.81. The van der Waals surface area contributed by atoms with Gasteiger partial charge in [0.05, 0.1) is 32.8 Å². The molecule has 10 nitrogen and oxygen atoms in total. The van der Waals surface area contributed by atoms with E-state index < -0.39 is 17.9 Å². The molecule has 0 radical (unpaired) electrons. The molecule has 2 aromatic carbocycles. The number of phenolic OH excluding ortho intramolecular Hbond substituents is 1. The highest BCUT2D eigenvalue weighted by atomic mass is 16.7. The van der Waals surface area contributed by atoms with E-state index in [4.69, 9.17) is 29.4 Å². The van der Waals surface area contributed by atoms with Crippen molar-refractivity contribution in [3.63, 3.8) is 0 Å². The lowest BCUT2D eigenvalue weighted by atomic mass is 9.65. The van der Waals surface area contributed by atoms with Crippen molar-refractivity contribution in [2.24, 2.45) is 17.6 Å². The van der Waals surface area contributed by atoms with E-state index >= 15 is 0 Å². The van der Waals surface area contributed by atoms with Gasteiger partial charge in [-0.1, -0.05) is 38.5 Å². The highest BCUT2D eigenvalue weighted by molar-refractivity contribution is 5.81. The number of carbonyl (C=O) groups is 2. The standard InChI is InChI=1S/C32H42N2O8/c1-38-25-13-19(14-26(39-2)31(25)36)28-20-15-23-24(42-18-41-23)16-21(20)30(22-17-40-32(37)29(22)28)34-27(35)11-9-7-5-3-4-6-8-10-12-33/h13-16,22,28-30,36H,3-12,17-18,33H2,1-2H3,(H,34,35)/t22-,28?,29?,30+/m0/s1. The van der Waals surface area contributed by atoms with Gasteiger partial charge in [0.25, 0.3) is 0 Å². The maximum Gasteiger partial charge on any atom is 0.310 e. The number of unbranched alkanes of at least 4 members (excludes halogenated alkanes) is 7. The van der Waals surface area contributed by atoms with Crippen LogP contribution >= 0.6 is 0 Å². The Hall–Kier alpha value is -3.66. The molecule has 0 saturated carbocycles. The molecule has 4 atom stereocenters. The lowest BCUT2D eigenvalue weighted by molar-refractivity contribution is -0.141. The van der Waals surface area contributed by atoms with Gasteiger partial charge in [-0.15, -0.1) is 0 Å². The van der Waals surface area contributed by atoms with Gasteiger partial charge in [0.2, 0.25) is 18.4 Å². The predicted molar refractivity (Wildman–Crippen MR) is 155 cm³/mol. The Balaban J connectivity index is 1.38. The molecule has 1 amide bonds. The van der Waals surface area contributed by atoms with Gasteiger partial charge in [0, 0.05) is 18.3 Å². The Morgan fingerprint density at radius 2 is 1.50 bits per heavy atom. The van der Waals surface area contributed by atoms with Crippen molar-refractivity contribution in [2.75, 3.05) is 34.2 Å². The number of hydrogen-bond acceptors (Lipinski definition) is 9. The minimum absolute atomic E-state index is 0.0453. The zero-order chi connectivity index (χ0) is 29.6. The predicted octanol–water partition coefficient (Wildman–Crippen LogP) is 4.70. The summed E-state index contributed by atoms with van der Waals surface area (Å²) in [5, 5.41) is 13.8. The zero-order valence-electron chi connectivity index (χ0n) is 24.5. The second kappa shape index (κ2) is 13.5. The molecular formula is C32H42N2O8. The van der Waals surface area contributed by atoms with Crippen LogP contribution in [0.2, 0.25) is 0 Å². The fourth-order valence-electron chi connectivity index (χ4n) is 6.58. The maximum absolute atomic E-state index is 13.3. The van der Waals surface area contributed by atoms with Gasteiger partial charge in [0.1, 0.15) is 0 Å². The topological polar surface area (TPSA) is 139 Å². The third-order valence-corrected chi connectivity index (χ3v) is 8.72. The quantitative estimate of drug-likeness (QED) is 0.214. The SMILES string of the molecule is COc1cc(C2c3cc4c(cc3[C@@H](NC(=O)CCCCCCCCCCN)[C@H]3COC(=O)C23)OCO4)cc(OC)c1O. The van der Waals surface area contributed by atoms with E-state index in [1.807, 2.05) is 12.1 Å². The lowest BCUT2D eigenvalue weighted by Gasteiger charge is -2.39. The summed E-state index contributed by atoms with van der Waals surface area (Å²) in [5.74, 6) is -0.150. The van der Waals surface area contributed by atoms with Crippen molar-refractivity contribution in [3.8, 4) is 28.7 Å². The van der Waals surface area contributed by atoms with E-state index in [1.54, 1.807) is 12.1 Å². The van der Waals surface area contributed by atoms with Crippen molar-refractivity contribution in [1.29, 1.82) is 0 Å². The van der Waals surface area contributed by atoms with Crippen LogP contribution in [0, 0.1) is 11.8 Å². The first kappa shape index (κ1) is 29.8. The van der Waals surface area contributed by atoms with Crippen LogP contribution in [-0.2, 0) is 14.3 Å². The summed E-state index contributed by atoms with van der Waals surface area (Å²) < 4.78 is 27.9. The molecule has 2 aliphatic heterocycles. The fourth-order valence-corrected chi connectivity index (χ4v) is 6.58. The van der Waals surface area contributed by atoms with Crippen LogP contribution in [0.4, 0.5) is 0 Å². The molecule has 3 aliphatic rings. The number of carbonyl (C=O) groups excluding carboxylic acids is 2. The summed E-state index contributed by atoms with van der Waals surface area (Å²) in [5.41, 5.74) is 7.97. The van der Waals surface area contributed by atoms with Crippen molar-refractivity contribution in [3.05, 3.63) is 41.0 Å². The number of esters is 1. The van der Waals surface area contributed by atoms with E-state index in [1.165, 1.54) is 39.9 Å². The average Bonchev–Trinajstić information content (AvgIpc) is 3.62. The summed E-state index contributed by atoms with van der Waals surface area (Å²) in [4.78, 5) is 26.5. The third-order valence-electron chi connectivity index (χ3n) is 8.72. The van der Waals surface area contributed by atoms with Crippen LogP contribution in [0.5, 0.6) is 28.7 Å². The largest absolute Gasteiger partial charge is 0.502 e. The van der Waals surface area contributed by atoms with Crippen molar-refractivity contribution in [2.45, 2.75) is 69.7 Å². The number of benzene rings is 2. The molecule has 1 aliphatic carbocycles. The van der Waals surface area contributed by atoms with Crippen molar-refractivity contribution >= 4 is 11.9 Å². The molecule has 0 spiro atoms. The molecule has 5 rings (SSSR count). The number of ether oxygens (including phenoxy) is 5. The second-order valence-electron chi connectivity index (χ2n) is 11.3. The number of cyclic esters (lactones) is 1. The van der Waals surface area contributed by atoms with Gasteiger partial charge >= 0.3 is 5.97 Å². The number of methoxy groups -OCH3 is 2. The molecule has 0 bridgehead atoms. The van der Waals surface area contributed by atoms with Crippen LogP contribution in [0.1, 0.15) is 86.4 Å². The number of aromatic hydroxyl groups is 1. The normalized spacial score (nSPS) is 21.8. The number of hydrogen-bond donors (Lipinski definition) is 3. The Kier molecular flexibility index (Phi) is 9.62. The van der Waals surface area contributed by atoms with E-state index in [-0.39, 0.29) is 48.4 Å². The maximum atomic E-state index is 13.3. The number of rotatable bonds is 14. The smallest absolute Gasteiger partial charge is 0.310 e. The summed E-state index contributed by atoms with van der Waals surface area (Å²) >= 11 is 0. The molecule has 228 valence electrons. The van der Waals surface area contributed by atoms with E-state index in [2.05, 4.69) is 5.32 Å². The summed E-state index contributed by atoms with van der Waals surface area (Å²) in [6.07, 6.45) is 9.22. The molecule has 2 heterocycles. The Bertz CT molecular complexity index is 1260. The van der Waals surface area contributed by atoms with Crippen molar-refractivity contribution in [1.82, 2.24) is 5.32 Å².